The van der Waals surface area contributed by atoms with Crippen LogP contribution >= 0.6 is 0 Å². The Balaban J connectivity index is 1.81. The van der Waals surface area contributed by atoms with Crippen molar-refractivity contribution in [3.8, 4) is 0 Å². The van der Waals surface area contributed by atoms with Gasteiger partial charge in [-0.15, -0.1) is 0 Å². The number of carbonyl (C=O) groups excluding carboxylic acids is 1. The Labute approximate surface area is 133 Å². The third-order valence-corrected chi connectivity index (χ3v) is 4.53. The van der Waals surface area contributed by atoms with E-state index in [1.165, 1.54) is 32.1 Å². The van der Waals surface area contributed by atoms with Crippen LogP contribution in [0.3, 0.4) is 0 Å². The van der Waals surface area contributed by atoms with Crippen molar-refractivity contribution in [1.82, 2.24) is 0 Å². The Bertz CT molecular complexity index is 413. The molecule has 2 aliphatic carbocycles. The maximum absolute atomic E-state index is 11.5. The van der Waals surface area contributed by atoms with Crippen LogP contribution < -0.4 is 5.73 Å². The number of hydrogen-bond donors (Lipinski definition) is 1. The molecule has 0 aromatic heterocycles. The molecule has 4 nitrogen and oxygen atoms in total. The van der Waals surface area contributed by atoms with Crippen molar-refractivity contribution in [1.29, 1.82) is 0 Å². The summed E-state index contributed by atoms with van der Waals surface area (Å²) in [5.41, 5.74) is 5.42. The average Bonchev–Trinajstić information content (AvgIpc) is 2.55. The van der Waals surface area contributed by atoms with E-state index in [1.54, 1.807) is 0 Å². The lowest BCUT2D eigenvalue weighted by molar-refractivity contribution is -0.116. The van der Waals surface area contributed by atoms with Crippen LogP contribution in [0.25, 0.3) is 0 Å². The van der Waals surface area contributed by atoms with Crippen LogP contribution in [0.1, 0.15) is 51.9 Å². The molecule has 0 heterocycles. The SMILES string of the molecule is CCOC1=CC=CC(OCC(N)(C=O)CC2CCCCC2)C1. The van der Waals surface area contributed by atoms with Crippen molar-refractivity contribution < 1.29 is 14.3 Å². The summed E-state index contributed by atoms with van der Waals surface area (Å²) in [4.78, 5) is 11.5. The topological polar surface area (TPSA) is 61.6 Å². The quantitative estimate of drug-likeness (QED) is 0.700. The van der Waals surface area contributed by atoms with Crippen molar-refractivity contribution in [2.45, 2.75) is 63.5 Å². The lowest BCUT2D eigenvalue weighted by Gasteiger charge is -2.31. The fourth-order valence-corrected chi connectivity index (χ4v) is 3.36. The van der Waals surface area contributed by atoms with Crippen molar-refractivity contribution in [2.75, 3.05) is 13.2 Å². The fraction of sp³-hybridized carbons (Fsp3) is 0.722. The van der Waals surface area contributed by atoms with Gasteiger partial charge in [-0.05, 0) is 25.3 Å². The van der Waals surface area contributed by atoms with Gasteiger partial charge in [0.2, 0.25) is 0 Å². The van der Waals surface area contributed by atoms with E-state index in [0.717, 1.165) is 18.5 Å². The van der Waals surface area contributed by atoms with Crippen LogP contribution in [0.4, 0.5) is 0 Å². The predicted octanol–water partition coefficient (Wildman–Crippen LogP) is 3.12. The lowest BCUT2D eigenvalue weighted by atomic mass is 9.80. The van der Waals surface area contributed by atoms with Crippen molar-refractivity contribution in [2.24, 2.45) is 11.7 Å². The smallest absolute Gasteiger partial charge is 0.142 e. The third-order valence-electron chi connectivity index (χ3n) is 4.53. The van der Waals surface area contributed by atoms with Gasteiger partial charge in [0.15, 0.2) is 0 Å². The molecule has 1 saturated carbocycles. The maximum atomic E-state index is 11.5. The molecule has 2 unspecified atom stereocenters. The van der Waals surface area contributed by atoms with Gasteiger partial charge in [-0.2, -0.15) is 0 Å². The summed E-state index contributed by atoms with van der Waals surface area (Å²) in [6, 6.07) is 0. The van der Waals surface area contributed by atoms with Crippen LogP contribution in [-0.4, -0.2) is 31.1 Å². The van der Waals surface area contributed by atoms with E-state index in [0.29, 0.717) is 18.9 Å². The molecular weight excluding hydrogens is 278 g/mol. The highest BCUT2D eigenvalue weighted by atomic mass is 16.5. The summed E-state index contributed by atoms with van der Waals surface area (Å²) >= 11 is 0. The fourth-order valence-electron chi connectivity index (χ4n) is 3.36. The van der Waals surface area contributed by atoms with Crippen LogP contribution in [-0.2, 0) is 14.3 Å². The molecule has 2 rings (SSSR count). The first kappa shape index (κ1) is 17.2. The van der Waals surface area contributed by atoms with Crippen molar-refractivity contribution in [3.05, 3.63) is 24.0 Å². The molecule has 0 spiro atoms. The van der Waals surface area contributed by atoms with Gasteiger partial charge >= 0.3 is 0 Å². The minimum atomic E-state index is -0.858. The zero-order valence-electron chi connectivity index (χ0n) is 13.6. The predicted molar refractivity (Wildman–Crippen MR) is 87.4 cm³/mol. The number of aldehydes is 1. The molecule has 4 heteroatoms. The summed E-state index contributed by atoms with van der Waals surface area (Å²) in [6.07, 6.45) is 14.4. The molecule has 1 fully saturated rings. The number of rotatable bonds is 8. The summed E-state index contributed by atoms with van der Waals surface area (Å²) in [5.74, 6) is 1.49. The Kier molecular flexibility index (Phi) is 6.65. The molecule has 0 aromatic rings. The number of hydrogen-bond acceptors (Lipinski definition) is 4. The molecule has 0 bridgehead atoms. The van der Waals surface area contributed by atoms with Crippen LogP contribution in [0.2, 0.25) is 0 Å². The monoisotopic (exact) mass is 307 g/mol. The molecule has 2 N–H and O–H groups in total. The number of allylic oxidation sites excluding steroid dienone is 2. The number of carbonyl (C=O) groups is 1. The molecule has 22 heavy (non-hydrogen) atoms. The van der Waals surface area contributed by atoms with Crippen molar-refractivity contribution in [3.63, 3.8) is 0 Å². The summed E-state index contributed by atoms with van der Waals surface area (Å²) in [7, 11) is 0. The Morgan fingerprint density at radius 1 is 1.36 bits per heavy atom. The molecule has 0 aromatic carbocycles. The van der Waals surface area contributed by atoms with Gasteiger partial charge in [0.05, 0.1) is 30.6 Å². The number of ether oxygens (including phenoxy) is 2. The second kappa shape index (κ2) is 8.49. The summed E-state index contributed by atoms with van der Waals surface area (Å²) in [6.45, 7) is 2.90. The summed E-state index contributed by atoms with van der Waals surface area (Å²) in [5, 5.41) is 0. The van der Waals surface area contributed by atoms with Crippen molar-refractivity contribution >= 4 is 6.29 Å². The molecule has 124 valence electrons. The molecule has 0 aliphatic heterocycles. The minimum Gasteiger partial charge on any atom is -0.498 e. The molecular formula is C18H29NO3. The van der Waals surface area contributed by atoms with E-state index >= 15 is 0 Å². The first-order valence-corrected chi connectivity index (χ1v) is 8.52. The van der Waals surface area contributed by atoms with E-state index < -0.39 is 5.54 Å². The van der Waals surface area contributed by atoms with E-state index in [2.05, 4.69) is 0 Å². The van der Waals surface area contributed by atoms with E-state index in [-0.39, 0.29) is 12.7 Å². The highest BCUT2D eigenvalue weighted by Crippen LogP contribution is 2.30. The Morgan fingerprint density at radius 2 is 2.14 bits per heavy atom. The number of nitrogens with two attached hydrogens (primary N) is 1. The molecule has 0 saturated heterocycles. The highest BCUT2D eigenvalue weighted by Gasteiger charge is 2.30. The van der Waals surface area contributed by atoms with Gasteiger partial charge < -0.3 is 20.0 Å². The average molecular weight is 307 g/mol. The first-order chi connectivity index (χ1) is 10.6. The second-order valence-corrected chi connectivity index (χ2v) is 6.56. The standard InChI is InChI=1S/C18H29NO3/c1-2-21-16-9-6-10-17(11-16)22-14-18(19,13-20)12-15-7-4-3-5-8-15/h6,9-10,13,15,17H,2-5,7-8,11-12,14,19H2,1H3. The van der Waals surface area contributed by atoms with Gasteiger partial charge in [-0.3, -0.25) is 0 Å². The lowest BCUT2D eigenvalue weighted by Crippen LogP contribution is -2.48. The summed E-state index contributed by atoms with van der Waals surface area (Å²) < 4.78 is 11.4. The van der Waals surface area contributed by atoms with Gasteiger partial charge in [0.25, 0.3) is 0 Å². The van der Waals surface area contributed by atoms with Gasteiger partial charge in [-0.25, -0.2) is 0 Å². The third kappa shape index (κ3) is 5.25. The van der Waals surface area contributed by atoms with Crippen LogP contribution in [0.15, 0.2) is 24.0 Å². The molecule has 2 aliphatic rings. The minimum absolute atomic E-state index is 0.0548. The van der Waals surface area contributed by atoms with E-state index in [9.17, 15) is 4.79 Å². The zero-order chi connectivity index (χ0) is 15.8. The van der Waals surface area contributed by atoms with Gasteiger partial charge in [0, 0.05) is 6.42 Å². The molecule has 0 radical (unpaired) electrons. The molecule has 0 amide bonds. The maximum Gasteiger partial charge on any atom is 0.142 e. The zero-order valence-corrected chi connectivity index (χ0v) is 13.6. The van der Waals surface area contributed by atoms with E-state index in [1.807, 2.05) is 25.2 Å². The van der Waals surface area contributed by atoms with E-state index in [4.69, 9.17) is 15.2 Å². The normalized spacial score (nSPS) is 25.4. The Morgan fingerprint density at radius 3 is 2.82 bits per heavy atom. The van der Waals surface area contributed by atoms with Gasteiger partial charge in [0.1, 0.15) is 6.29 Å². The largest absolute Gasteiger partial charge is 0.498 e. The highest BCUT2D eigenvalue weighted by molar-refractivity contribution is 5.64. The molecule has 2 atom stereocenters. The second-order valence-electron chi connectivity index (χ2n) is 6.56. The first-order valence-electron chi connectivity index (χ1n) is 8.52. The Hall–Kier alpha value is -1.13. The van der Waals surface area contributed by atoms with Gasteiger partial charge in [-0.1, -0.05) is 44.3 Å². The van der Waals surface area contributed by atoms with Crippen LogP contribution in [0, 0.1) is 5.92 Å². The van der Waals surface area contributed by atoms with Crippen LogP contribution in [0.5, 0.6) is 0 Å².